The summed E-state index contributed by atoms with van der Waals surface area (Å²) in [7, 11) is 0. The standard InChI is InChI=1S/C25H22ClN5O2/c26-20-8-6-18(7-9-20)16-29-24(32)21-15-22(30-31-25(21)33)19-11-13-28-23(14-19)27-12-10-17-4-2-1-3-5-17/h1-9,11,13-15H,10,12,16H2,(H,27,28)(H,29,32)(H,31,33). The van der Waals surface area contributed by atoms with Crippen LogP contribution in [0.4, 0.5) is 5.82 Å². The van der Waals surface area contributed by atoms with Gasteiger partial charge in [0, 0.05) is 29.9 Å². The van der Waals surface area contributed by atoms with Crippen molar-refractivity contribution in [3.8, 4) is 11.3 Å². The first-order chi connectivity index (χ1) is 16.1. The Balaban J connectivity index is 1.44. The SMILES string of the molecule is O=C(NCc1ccc(Cl)cc1)c1cc(-c2ccnc(NCCc3ccccc3)c2)n[nH]c1=O. The maximum absolute atomic E-state index is 12.6. The number of carbonyl (C=O) groups is 1. The van der Waals surface area contributed by atoms with Crippen LogP contribution >= 0.6 is 11.6 Å². The van der Waals surface area contributed by atoms with E-state index in [2.05, 4.69) is 37.9 Å². The first-order valence-electron chi connectivity index (χ1n) is 10.4. The molecular formula is C25H22ClN5O2. The topological polar surface area (TPSA) is 99.8 Å². The van der Waals surface area contributed by atoms with Crippen LogP contribution in [0.3, 0.4) is 0 Å². The van der Waals surface area contributed by atoms with E-state index in [1.165, 1.54) is 11.6 Å². The molecule has 0 fully saturated rings. The van der Waals surface area contributed by atoms with Gasteiger partial charge in [0.2, 0.25) is 0 Å². The van der Waals surface area contributed by atoms with Gasteiger partial charge in [0.1, 0.15) is 11.4 Å². The maximum atomic E-state index is 12.6. The van der Waals surface area contributed by atoms with E-state index in [-0.39, 0.29) is 12.1 Å². The molecule has 7 nitrogen and oxygen atoms in total. The molecule has 0 radical (unpaired) electrons. The molecule has 2 aromatic heterocycles. The molecule has 0 saturated carbocycles. The number of aromatic amines is 1. The monoisotopic (exact) mass is 459 g/mol. The molecule has 0 saturated heterocycles. The minimum absolute atomic E-state index is 0.00985. The van der Waals surface area contributed by atoms with E-state index in [1.807, 2.05) is 36.4 Å². The fraction of sp³-hybridized carbons (Fsp3) is 0.120. The lowest BCUT2D eigenvalue weighted by atomic mass is 10.1. The van der Waals surface area contributed by atoms with Gasteiger partial charge in [-0.1, -0.05) is 54.1 Å². The van der Waals surface area contributed by atoms with Crippen LogP contribution in [0.15, 0.2) is 83.8 Å². The fourth-order valence-electron chi connectivity index (χ4n) is 3.27. The average molecular weight is 460 g/mol. The summed E-state index contributed by atoms with van der Waals surface area (Å²) < 4.78 is 0. The summed E-state index contributed by atoms with van der Waals surface area (Å²) >= 11 is 5.89. The number of anilines is 1. The molecule has 166 valence electrons. The minimum atomic E-state index is -0.553. The van der Waals surface area contributed by atoms with Gasteiger partial charge in [-0.25, -0.2) is 10.1 Å². The van der Waals surface area contributed by atoms with Crippen molar-refractivity contribution >= 4 is 23.3 Å². The summed E-state index contributed by atoms with van der Waals surface area (Å²) in [5.74, 6) is 0.204. The first-order valence-corrected chi connectivity index (χ1v) is 10.8. The molecular weight excluding hydrogens is 438 g/mol. The number of halogens is 1. The van der Waals surface area contributed by atoms with E-state index in [0.717, 1.165) is 24.1 Å². The Kier molecular flexibility index (Phi) is 7.12. The highest BCUT2D eigenvalue weighted by molar-refractivity contribution is 6.30. The summed E-state index contributed by atoms with van der Waals surface area (Å²) in [6.45, 7) is 0.996. The van der Waals surface area contributed by atoms with Gasteiger partial charge < -0.3 is 10.6 Å². The summed E-state index contributed by atoms with van der Waals surface area (Å²) in [6, 6.07) is 22.4. The number of hydrogen-bond acceptors (Lipinski definition) is 5. The van der Waals surface area contributed by atoms with Crippen molar-refractivity contribution in [2.75, 3.05) is 11.9 Å². The van der Waals surface area contributed by atoms with Gasteiger partial charge in [0.05, 0.1) is 5.69 Å². The normalized spacial score (nSPS) is 10.6. The van der Waals surface area contributed by atoms with Crippen molar-refractivity contribution in [1.29, 1.82) is 0 Å². The lowest BCUT2D eigenvalue weighted by molar-refractivity contribution is 0.0949. The van der Waals surface area contributed by atoms with Crippen LogP contribution in [-0.4, -0.2) is 27.6 Å². The van der Waals surface area contributed by atoms with Gasteiger partial charge in [-0.05, 0) is 47.9 Å². The summed E-state index contributed by atoms with van der Waals surface area (Å²) in [6.07, 6.45) is 2.52. The Morgan fingerprint density at radius 1 is 0.970 bits per heavy atom. The van der Waals surface area contributed by atoms with E-state index in [1.54, 1.807) is 24.4 Å². The van der Waals surface area contributed by atoms with Gasteiger partial charge in [-0.3, -0.25) is 9.59 Å². The third kappa shape index (κ3) is 6.05. The number of nitrogens with one attached hydrogen (secondary N) is 3. The van der Waals surface area contributed by atoms with Gasteiger partial charge in [-0.15, -0.1) is 0 Å². The second kappa shape index (κ2) is 10.6. The number of rotatable bonds is 8. The molecule has 0 aliphatic carbocycles. The maximum Gasteiger partial charge on any atom is 0.277 e. The smallest absolute Gasteiger partial charge is 0.277 e. The Labute approximate surface area is 195 Å². The fourth-order valence-corrected chi connectivity index (χ4v) is 3.39. The Morgan fingerprint density at radius 2 is 1.76 bits per heavy atom. The largest absolute Gasteiger partial charge is 0.370 e. The zero-order valence-corrected chi connectivity index (χ0v) is 18.5. The molecule has 0 atom stereocenters. The molecule has 0 aliphatic heterocycles. The quantitative estimate of drug-likeness (QED) is 0.369. The van der Waals surface area contributed by atoms with Crippen LogP contribution in [0.25, 0.3) is 11.3 Å². The highest BCUT2D eigenvalue weighted by atomic mass is 35.5. The molecule has 0 unspecified atom stereocenters. The molecule has 4 aromatic rings. The number of pyridine rings is 1. The number of amides is 1. The number of hydrogen-bond donors (Lipinski definition) is 3. The molecule has 0 bridgehead atoms. The second-order valence-electron chi connectivity index (χ2n) is 7.40. The van der Waals surface area contributed by atoms with E-state index in [4.69, 9.17) is 11.6 Å². The van der Waals surface area contributed by atoms with Crippen molar-refractivity contribution in [3.63, 3.8) is 0 Å². The van der Waals surface area contributed by atoms with Crippen molar-refractivity contribution in [1.82, 2.24) is 20.5 Å². The minimum Gasteiger partial charge on any atom is -0.370 e. The molecule has 8 heteroatoms. The number of H-pyrrole nitrogens is 1. The Hall–Kier alpha value is -3.97. The molecule has 3 N–H and O–H groups in total. The predicted octanol–water partition coefficient (Wildman–Crippen LogP) is 4.07. The summed E-state index contributed by atoms with van der Waals surface area (Å²) in [5, 5.41) is 13.2. The van der Waals surface area contributed by atoms with Crippen molar-refractivity contribution in [3.05, 3.63) is 111 Å². The summed E-state index contributed by atoms with van der Waals surface area (Å²) in [5.41, 5.74) is 2.75. The number of aromatic nitrogens is 3. The number of benzene rings is 2. The third-order valence-electron chi connectivity index (χ3n) is 5.03. The first kappa shape index (κ1) is 22.2. The van der Waals surface area contributed by atoms with E-state index in [0.29, 0.717) is 16.5 Å². The average Bonchev–Trinajstić information content (AvgIpc) is 2.85. The van der Waals surface area contributed by atoms with Gasteiger partial charge in [0.15, 0.2) is 0 Å². The van der Waals surface area contributed by atoms with Gasteiger partial charge >= 0.3 is 0 Å². The molecule has 0 aliphatic rings. The second-order valence-corrected chi connectivity index (χ2v) is 7.83. The van der Waals surface area contributed by atoms with Gasteiger partial charge in [-0.2, -0.15) is 5.10 Å². The van der Waals surface area contributed by atoms with Gasteiger partial charge in [0.25, 0.3) is 11.5 Å². The highest BCUT2D eigenvalue weighted by Crippen LogP contribution is 2.19. The molecule has 2 heterocycles. The molecule has 2 aromatic carbocycles. The molecule has 33 heavy (non-hydrogen) atoms. The number of nitrogens with zero attached hydrogens (tertiary/aromatic N) is 2. The van der Waals surface area contributed by atoms with Crippen molar-refractivity contribution < 1.29 is 4.79 Å². The zero-order valence-electron chi connectivity index (χ0n) is 17.7. The zero-order chi connectivity index (χ0) is 23.0. The van der Waals surface area contributed by atoms with Crippen LogP contribution in [0.2, 0.25) is 5.02 Å². The Bertz CT molecular complexity index is 1290. The van der Waals surface area contributed by atoms with E-state index in [9.17, 15) is 9.59 Å². The van der Waals surface area contributed by atoms with Crippen LogP contribution in [0.1, 0.15) is 21.5 Å². The lowest BCUT2D eigenvalue weighted by Gasteiger charge is -2.09. The highest BCUT2D eigenvalue weighted by Gasteiger charge is 2.13. The lowest BCUT2D eigenvalue weighted by Crippen LogP contribution is -2.29. The molecule has 1 amide bonds. The van der Waals surface area contributed by atoms with Crippen LogP contribution in [0.5, 0.6) is 0 Å². The van der Waals surface area contributed by atoms with Crippen LogP contribution in [0, 0.1) is 0 Å². The van der Waals surface area contributed by atoms with E-state index < -0.39 is 11.5 Å². The van der Waals surface area contributed by atoms with Crippen LogP contribution in [-0.2, 0) is 13.0 Å². The molecule has 0 spiro atoms. The third-order valence-corrected chi connectivity index (χ3v) is 5.28. The van der Waals surface area contributed by atoms with Crippen LogP contribution < -0.4 is 16.2 Å². The van der Waals surface area contributed by atoms with E-state index >= 15 is 0 Å². The Morgan fingerprint density at radius 3 is 2.55 bits per heavy atom. The predicted molar refractivity (Wildman–Crippen MR) is 129 cm³/mol. The van der Waals surface area contributed by atoms with Crippen molar-refractivity contribution in [2.45, 2.75) is 13.0 Å². The van der Waals surface area contributed by atoms with Crippen molar-refractivity contribution in [2.24, 2.45) is 0 Å². The summed E-state index contributed by atoms with van der Waals surface area (Å²) in [4.78, 5) is 29.2. The molecule has 4 rings (SSSR count). The number of carbonyl (C=O) groups excluding carboxylic acids is 1.